The van der Waals surface area contributed by atoms with E-state index in [1.54, 1.807) is 12.1 Å². The molecule has 3 rings (SSSR count). The summed E-state index contributed by atoms with van der Waals surface area (Å²) < 4.78 is 15.7. The highest BCUT2D eigenvalue weighted by molar-refractivity contribution is 5.72. The van der Waals surface area contributed by atoms with E-state index in [9.17, 15) is 5.11 Å². The van der Waals surface area contributed by atoms with Crippen molar-refractivity contribution in [3.05, 3.63) is 47.5 Å². The third kappa shape index (κ3) is 2.40. The van der Waals surface area contributed by atoms with Crippen molar-refractivity contribution in [3.63, 3.8) is 0 Å². The molecule has 4 nitrogen and oxygen atoms in total. The number of aromatic hydroxyl groups is 1. The number of phenols is 1. The summed E-state index contributed by atoms with van der Waals surface area (Å²) in [6.07, 6.45) is 3.91. The predicted octanol–water partition coefficient (Wildman–Crippen LogP) is 3.30. The highest BCUT2D eigenvalue weighted by Crippen LogP contribution is 2.33. The number of ether oxygens (including phenoxy) is 3. The molecule has 1 aliphatic heterocycles. The van der Waals surface area contributed by atoms with Gasteiger partial charge in [0.05, 0.1) is 7.11 Å². The van der Waals surface area contributed by atoms with Gasteiger partial charge in [0.15, 0.2) is 23.0 Å². The van der Waals surface area contributed by atoms with E-state index < -0.39 is 0 Å². The van der Waals surface area contributed by atoms with Crippen LogP contribution in [0.5, 0.6) is 23.0 Å². The first-order chi connectivity index (χ1) is 9.76. The quantitative estimate of drug-likeness (QED) is 0.869. The molecule has 0 saturated carbocycles. The Morgan fingerprint density at radius 3 is 2.50 bits per heavy atom. The molecule has 0 bridgehead atoms. The number of hydrogen-bond acceptors (Lipinski definition) is 4. The van der Waals surface area contributed by atoms with Crippen LogP contribution >= 0.6 is 0 Å². The van der Waals surface area contributed by atoms with Gasteiger partial charge in [-0.1, -0.05) is 24.3 Å². The zero-order chi connectivity index (χ0) is 13.9. The zero-order valence-corrected chi connectivity index (χ0v) is 11.0. The van der Waals surface area contributed by atoms with E-state index in [0.717, 1.165) is 22.6 Å². The van der Waals surface area contributed by atoms with Crippen molar-refractivity contribution in [1.29, 1.82) is 0 Å². The topological polar surface area (TPSA) is 47.9 Å². The first-order valence-electron chi connectivity index (χ1n) is 6.21. The second-order valence-electron chi connectivity index (χ2n) is 4.38. The van der Waals surface area contributed by atoms with Gasteiger partial charge < -0.3 is 19.3 Å². The highest BCUT2D eigenvalue weighted by Gasteiger charge is 2.12. The Morgan fingerprint density at radius 2 is 1.70 bits per heavy atom. The van der Waals surface area contributed by atoms with Crippen LogP contribution in [0, 0.1) is 0 Å². The summed E-state index contributed by atoms with van der Waals surface area (Å²) in [6.45, 7) is 0.275. The summed E-state index contributed by atoms with van der Waals surface area (Å²) in [6, 6.07) is 11.0. The van der Waals surface area contributed by atoms with Crippen molar-refractivity contribution >= 4 is 12.2 Å². The third-order valence-corrected chi connectivity index (χ3v) is 3.07. The number of fused-ring (bicyclic) bond motifs is 1. The molecule has 0 spiro atoms. The van der Waals surface area contributed by atoms with Crippen molar-refractivity contribution < 1.29 is 19.3 Å². The molecule has 20 heavy (non-hydrogen) atoms. The standard InChI is InChI=1S/C16H14O4/c1-18-15-8-11(4-6-13(15)17)2-3-12-5-7-14-16(9-12)20-10-19-14/h2-9,17H,10H2,1H3/b3-2+. The van der Waals surface area contributed by atoms with Crippen molar-refractivity contribution in [2.75, 3.05) is 13.9 Å². The predicted molar refractivity (Wildman–Crippen MR) is 76.2 cm³/mol. The second kappa shape index (κ2) is 5.17. The SMILES string of the molecule is COc1cc(/C=C/c2ccc3c(c2)OCO3)ccc1O. The summed E-state index contributed by atoms with van der Waals surface area (Å²) in [5, 5.41) is 9.55. The summed E-state index contributed by atoms with van der Waals surface area (Å²) in [7, 11) is 1.53. The Balaban J connectivity index is 1.83. The zero-order valence-electron chi connectivity index (χ0n) is 11.0. The van der Waals surface area contributed by atoms with Crippen molar-refractivity contribution in [1.82, 2.24) is 0 Å². The molecule has 0 unspecified atom stereocenters. The molecule has 0 radical (unpaired) electrons. The van der Waals surface area contributed by atoms with Crippen LogP contribution in [0.15, 0.2) is 36.4 Å². The van der Waals surface area contributed by atoms with E-state index in [1.807, 2.05) is 36.4 Å². The minimum Gasteiger partial charge on any atom is -0.504 e. The van der Waals surface area contributed by atoms with Gasteiger partial charge in [-0.2, -0.15) is 0 Å². The van der Waals surface area contributed by atoms with Crippen LogP contribution in [0.2, 0.25) is 0 Å². The molecular formula is C16H14O4. The molecule has 0 atom stereocenters. The number of hydrogen-bond donors (Lipinski definition) is 1. The Kier molecular flexibility index (Phi) is 3.21. The minimum atomic E-state index is 0.132. The Labute approximate surface area is 116 Å². The minimum absolute atomic E-state index is 0.132. The van der Waals surface area contributed by atoms with Crippen LogP contribution in [0.4, 0.5) is 0 Å². The Hall–Kier alpha value is -2.62. The normalized spacial score (nSPS) is 12.8. The number of benzene rings is 2. The first-order valence-corrected chi connectivity index (χ1v) is 6.21. The lowest BCUT2D eigenvalue weighted by molar-refractivity contribution is 0.174. The van der Waals surface area contributed by atoms with E-state index in [0.29, 0.717) is 5.75 Å². The molecule has 1 aliphatic rings. The second-order valence-corrected chi connectivity index (χ2v) is 4.38. The van der Waals surface area contributed by atoms with Gasteiger partial charge in [0.25, 0.3) is 0 Å². The lowest BCUT2D eigenvalue weighted by Gasteiger charge is -2.03. The van der Waals surface area contributed by atoms with Crippen molar-refractivity contribution in [3.8, 4) is 23.0 Å². The van der Waals surface area contributed by atoms with Crippen LogP contribution in [-0.2, 0) is 0 Å². The fourth-order valence-corrected chi connectivity index (χ4v) is 2.01. The average molecular weight is 270 g/mol. The van der Waals surface area contributed by atoms with E-state index in [1.165, 1.54) is 7.11 Å². The van der Waals surface area contributed by atoms with Gasteiger partial charge in [-0.25, -0.2) is 0 Å². The Morgan fingerprint density at radius 1 is 1.00 bits per heavy atom. The van der Waals surface area contributed by atoms with Crippen LogP contribution in [0.3, 0.4) is 0 Å². The molecule has 102 valence electrons. The van der Waals surface area contributed by atoms with Crippen LogP contribution < -0.4 is 14.2 Å². The summed E-state index contributed by atoms with van der Waals surface area (Å²) >= 11 is 0. The van der Waals surface area contributed by atoms with E-state index in [4.69, 9.17) is 14.2 Å². The van der Waals surface area contributed by atoms with Gasteiger partial charge in [-0.3, -0.25) is 0 Å². The molecule has 4 heteroatoms. The molecule has 0 saturated heterocycles. The maximum atomic E-state index is 9.55. The molecule has 0 aliphatic carbocycles. The van der Waals surface area contributed by atoms with Crippen LogP contribution in [-0.4, -0.2) is 19.0 Å². The molecule has 2 aromatic rings. The van der Waals surface area contributed by atoms with Gasteiger partial charge in [0.2, 0.25) is 6.79 Å². The molecule has 0 amide bonds. The number of rotatable bonds is 3. The van der Waals surface area contributed by atoms with Crippen molar-refractivity contribution in [2.24, 2.45) is 0 Å². The first kappa shape index (κ1) is 12.4. The van der Waals surface area contributed by atoms with Crippen molar-refractivity contribution in [2.45, 2.75) is 0 Å². The van der Waals surface area contributed by atoms with Crippen LogP contribution in [0.1, 0.15) is 11.1 Å². The van der Waals surface area contributed by atoms with Crippen LogP contribution in [0.25, 0.3) is 12.2 Å². The van der Waals surface area contributed by atoms with Gasteiger partial charge in [0, 0.05) is 0 Å². The molecule has 1 heterocycles. The third-order valence-electron chi connectivity index (χ3n) is 3.07. The lowest BCUT2D eigenvalue weighted by atomic mass is 10.1. The van der Waals surface area contributed by atoms with Gasteiger partial charge in [-0.15, -0.1) is 0 Å². The lowest BCUT2D eigenvalue weighted by Crippen LogP contribution is -1.92. The fraction of sp³-hybridized carbons (Fsp3) is 0.125. The maximum Gasteiger partial charge on any atom is 0.231 e. The molecule has 0 fully saturated rings. The van der Waals surface area contributed by atoms with Gasteiger partial charge >= 0.3 is 0 Å². The highest BCUT2D eigenvalue weighted by atomic mass is 16.7. The molecule has 2 aromatic carbocycles. The number of phenolic OH excluding ortho intramolecular Hbond substituents is 1. The Bertz CT molecular complexity index is 649. The van der Waals surface area contributed by atoms with E-state index >= 15 is 0 Å². The van der Waals surface area contributed by atoms with E-state index in [2.05, 4.69) is 0 Å². The largest absolute Gasteiger partial charge is 0.504 e. The average Bonchev–Trinajstić information content (AvgIpc) is 2.94. The fourth-order valence-electron chi connectivity index (χ4n) is 2.01. The smallest absolute Gasteiger partial charge is 0.231 e. The monoisotopic (exact) mass is 270 g/mol. The molecular weight excluding hydrogens is 256 g/mol. The molecule has 0 aromatic heterocycles. The number of methoxy groups -OCH3 is 1. The maximum absolute atomic E-state index is 9.55. The summed E-state index contributed by atoms with van der Waals surface area (Å²) in [4.78, 5) is 0. The van der Waals surface area contributed by atoms with E-state index in [-0.39, 0.29) is 12.5 Å². The van der Waals surface area contributed by atoms with Gasteiger partial charge in [0.1, 0.15) is 0 Å². The van der Waals surface area contributed by atoms with Gasteiger partial charge in [-0.05, 0) is 35.4 Å². The summed E-state index contributed by atoms with van der Waals surface area (Å²) in [5.41, 5.74) is 1.96. The summed E-state index contributed by atoms with van der Waals surface area (Å²) in [5.74, 6) is 2.12. The molecule has 1 N–H and O–H groups in total.